The van der Waals surface area contributed by atoms with Crippen molar-refractivity contribution in [1.29, 1.82) is 0 Å². The molecule has 1 saturated heterocycles. The van der Waals surface area contributed by atoms with E-state index in [0.29, 0.717) is 33.0 Å². The van der Waals surface area contributed by atoms with Crippen LogP contribution >= 0.6 is 0 Å². The lowest BCUT2D eigenvalue weighted by atomic mass is 10.2. The fourth-order valence-corrected chi connectivity index (χ4v) is 1.50. The largest absolute Gasteiger partial charge is 0.491 e. The summed E-state index contributed by atoms with van der Waals surface area (Å²) in [7, 11) is 0. The summed E-state index contributed by atoms with van der Waals surface area (Å²) in [6, 6.07) is 7.64. The molecule has 1 aromatic rings. The molecule has 2 N–H and O–H groups in total. The van der Waals surface area contributed by atoms with Crippen LogP contribution in [-0.2, 0) is 9.47 Å². The Kier molecular flexibility index (Phi) is 5.03. The van der Waals surface area contributed by atoms with E-state index in [9.17, 15) is 0 Å². The summed E-state index contributed by atoms with van der Waals surface area (Å²) >= 11 is 0. The van der Waals surface area contributed by atoms with Crippen LogP contribution < -0.4 is 10.5 Å². The molecule has 0 aliphatic carbocycles. The fraction of sp³-hybridized carbons (Fsp3) is 0.429. The summed E-state index contributed by atoms with van der Waals surface area (Å²) in [5.41, 5.74) is 6.24. The molecule has 0 radical (unpaired) electrons. The third-order valence-corrected chi connectivity index (χ3v) is 2.48. The van der Waals surface area contributed by atoms with Gasteiger partial charge in [-0.25, -0.2) is 0 Å². The highest BCUT2D eigenvalue weighted by molar-refractivity contribution is 5.39. The minimum absolute atomic E-state index is 0.246. The van der Waals surface area contributed by atoms with Crippen LogP contribution in [0.25, 0.3) is 0 Å². The zero-order chi connectivity index (χ0) is 12.6. The molecule has 4 nitrogen and oxygen atoms in total. The van der Waals surface area contributed by atoms with Crippen LogP contribution in [0.5, 0.6) is 5.75 Å². The first-order chi connectivity index (χ1) is 8.88. The van der Waals surface area contributed by atoms with E-state index in [-0.39, 0.29) is 6.10 Å². The van der Waals surface area contributed by atoms with Crippen LogP contribution in [0.2, 0.25) is 0 Å². The van der Waals surface area contributed by atoms with E-state index in [4.69, 9.17) is 19.9 Å². The maximum Gasteiger partial charge on any atom is 0.120 e. The number of rotatable bonds is 5. The lowest BCUT2D eigenvalue weighted by Gasteiger charge is -2.25. The van der Waals surface area contributed by atoms with Crippen molar-refractivity contribution in [3.05, 3.63) is 29.8 Å². The predicted molar refractivity (Wildman–Crippen MR) is 68.4 cm³/mol. The van der Waals surface area contributed by atoms with Gasteiger partial charge in [0.05, 0.1) is 26.4 Å². The van der Waals surface area contributed by atoms with Crippen molar-refractivity contribution >= 4 is 0 Å². The SMILES string of the molecule is NCC#Cc1cccc(OCCOC2COC2)c1. The van der Waals surface area contributed by atoms with Crippen LogP contribution in [0, 0.1) is 11.8 Å². The van der Waals surface area contributed by atoms with Gasteiger partial charge in [0.15, 0.2) is 0 Å². The Morgan fingerprint density at radius 3 is 2.94 bits per heavy atom. The van der Waals surface area contributed by atoms with Gasteiger partial charge in [-0.05, 0) is 18.2 Å². The average molecular weight is 247 g/mol. The predicted octanol–water partition coefficient (Wildman–Crippen LogP) is 0.791. The van der Waals surface area contributed by atoms with E-state index < -0.39 is 0 Å². The number of hydrogen-bond acceptors (Lipinski definition) is 4. The Morgan fingerprint density at radius 2 is 2.22 bits per heavy atom. The number of benzene rings is 1. The summed E-state index contributed by atoms with van der Waals surface area (Å²) in [6.45, 7) is 2.87. The highest BCUT2D eigenvalue weighted by Crippen LogP contribution is 2.12. The van der Waals surface area contributed by atoms with Gasteiger partial charge < -0.3 is 19.9 Å². The van der Waals surface area contributed by atoms with E-state index in [2.05, 4.69) is 11.8 Å². The molecule has 0 bridgehead atoms. The number of nitrogens with two attached hydrogens (primary N) is 1. The molecular weight excluding hydrogens is 230 g/mol. The second-order valence-electron chi connectivity index (χ2n) is 3.91. The summed E-state index contributed by atoms with van der Waals surface area (Å²) in [4.78, 5) is 0. The van der Waals surface area contributed by atoms with Gasteiger partial charge in [0, 0.05) is 5.56 Å². The van der Waals surface area contributed by atoms with Crippen LogP contribution in [-0.4, -0.2) is 39.1 Å². The van der Waals surface area contributed by atoms with Gasteiger partial charge in [0.1, 0.15) is 18.5 Å². The molecule has 0 aromatic heterocycles. The molecule has 1 fully saturated rings. The third kappa shape index (κ3) is 4.04. The van der Waals surface area contributed by atoms with Gasteiger partial charge in [-0.2, -0.15) is 0 Å². The second-order valence-corrected chi connectivity index (χ2v) is 3.91. The van der Waals surface area contributed by atoms with Gasteiger partial charge >= 0.3 is 0 Å². The summed E-state index contributed by atoms with van der Waals surface area (Å²) in [6.07, 6.45) is 0.246. The fourth-order valence-electron chi connectivity index (χ4n) is 1.50. The highest BCUT2D eigenvalue weighted by Gasteiger charge is 2.18. The maximum atomic E-state index is 5.58. The Hall–Kier alpha value is -1.54. The summed E-state index contributed by atoms with van der Waals surface area (Å²) in [5, 5.41) is 0. The number of hydrogen-bond donors (Lipinski definition) is 1. The smallest absolute Gasteiger partial charge is 0.120 e. The molecule has 0 atom stereocenters. The molecule has 0 spiro atoms. The molecule has 1 aliphatic rings. The average Bonchev–Trinajstić information content (AvgIpc) is 2.34. The molecule has 1 aliphatic heterocycles. The zero-order valence-corrected chi connectivity index (χ0v) is 10.2. The molecule has 96 valence electrons. The van der Waals surface area contributed by atoms with Gasteiger partial charge in [-0.15, -0.1) is 0 Å². The van der Waals surface area contributed by atoms with Crippen molar-refractivity contribution in [2.45, 2.75) is 6.10 Å². The molecule has 4 heteroatoms. The highest BCUT2D eigenvalue weighted by atomic mass is 16.6. The monoisotopic (exact) mass is 247 g/mol. The lowest BCUT2D eigenvalue weighted by molar-refractivity contribution is -0.132. The van der Waals surface area contributed by atoms with Crippen LogP contribution in [0.1, 0.15) is 5.56 Å². The first kappa shape index (κ1) is 12.9. The van der Waals surface area contributed by atoms with Crippen molar-refractivity contribution in [1.82, 2.24) is 0 Å². The number of ether oxygens (including phenoxy) is 3. The molecule has 1 heterocycles. The van der Waals surface area contributed by atoms with E-state index in [1.807, 2.05) is 24.3 Å². The minimum Gasteiger partial charge on any atom is -0.491 e. The first-order valence-electron chi connectivity index (χ1n) is 5.99. The van der Waals surface area contributed by atoms with E-state index in [1.165, 1.54) is 0 Å². The molecule has 0 unspecified atom stereocenters. The quantitative estimate of drug-likeness (QED) is 0.617. The first-order valence-corrected chi connectivity index (χ1v) is 5.99. The molecule has 18 heavy (non-hydrogen) atoms. The Balaban J connectivity index is 1.74. The van der Waals surface area contributed by atoms with Gasteiger partial charge in [-0.1, -0.05) is 17.9 Å². The van der Waals surface area contributed by atoms with Gasteiger partial charge in [-0.3, -0.25) is 0 Å². The van der Waals surface area contributed by atoms with Crippen molar-refractivity contribution in [3.8, 4) is 17.6 Å². The van der Waals surface area contributed by atoms with E-state index in [0.717, 1.165) is 11.3 Å². The molecule has 2 rings (SSSR count). The van der Waals surface area contributed by atoms with Crippen molar-refractivity contribution in [2.24, 2.45) is 5.73 Å². The molecule has 1 aromatic carbocycles. The lowest BCUT2D eigenvalue weighted by Crippen LogP contribution is -2.37. The van der Waals surface area contributed by atoms with Crippen molar-refractivity contribution < 1.29 is 14.2 Å². The van der Waals surface area contributed by atoms with Gasteiger partial charge in [0.2, 0.25) is 0 Å². The minimum atomic E-state index is 0.246. The molecular formula is C14H17NO3. The Bertz CT molecular complexity index is 432. The Morgan fingerprint density at radius 1 is 1.33 bits per heavy atom. The van der Waals surface area contributed by atoms with E-state index in [1.54, 1.807) is 0 Å². The maximum absolute atomic E-state index is 5.58. The topological polar surface area (TPSA) is 53.7 Å². The summed E-state index contributed by atoms with van der Waals surface area (Å²) in [5.74, 6) is 6.58. The third-order valence-electron chi connectivity index (χ3n) is 2.48. The van der Waals surface area contributed by atoms with Crippen molar-refractivity contribution in [3.63, 3.8) is 0 Å². The molecule has 0 saturated carbocycles. The zero-order valence-electron chi connectivity index (χ0n) is 10.2. The standard InChI is InChI=1S/C14H17NO3/c15-6-2-4-12-3-1-5-13(9-12)17-7-8-18-14-10-16-11-14/h1,3,5,9,14H,6-8,10-11,15H2. The van der Waals surface area contributed by atoms with Crippen molar-refractivity contribution in [2.75, 3.05) is 33.0 Å². The van der Waals surface area contributed by atoms with Crippen LogP contribution in [0.4, 0.5) is 0 Å². The normalized spacial score (nSPS) is 14.5. The van der Waals surface area contributed by atoms with Gasteiger partial charge in [0.25, 0.3) is 0 Å². The van der Waals surface area contributed by atoms with E-state index >= 15 is 0 Å². The Labute approximate surface area is 107 Å². The summed E-state index contributed by atoms with van der Waals surface area (Å²) < 4.78 is 16.1. The van der Waals surface area contributed by atoms with Crippen LogP contribution in [0.15, 0.2) is 24.3 Å². The van der Waals surface area contributed by atoms with Crippen LogP contribution in [0.3, 0.4) is 0 Å². The molecule has 0 amide bonds. The second kappa shape index (κ2) is 7.02.